The Morgan fingerprint density at radius 3 is 2.62 bits per heavy atom. The Balaban J connectivity index is 2.76. The summed E-state index contributed by atoms with van der Waals surface area (Å²) in [6, 6.07) is 1.31. The number of nitrogens with zero attached hydrogens (tertiary/aromatic N) is 1. The van der Waals surface area contributed by atoms with E-state index in [-0.39, 0.29) is 11.3 Å². The van der Waals surface area contributed by atoms with E-state index in [1.54, 1.807) is 12.4 Å². The normalized spacial score (nSPS) is 13.3. The number of nitrogens with two attached hydrogens (primary N) is 1. The molecule has 0 aliphatic heterocycles. The number of amides is 1. The summed E-state index contributed by atoms with van der Waals surface area (Å²) in [7, 11) is 0. The van der Waals surface area contributed by atoms with Crippen molar-refractivity contribution >= 4 is 11.6 Å². The van der Waals surface area contributed by atoms with E-state index >= 15 is 0 Å². The van der Waals surface area contributed by atoms with Crippen molar-refractivity contribution in [3.05, 3.63) is 24.0 Å². The third-order valence-electron chi connectivity index (χ3n) is 2.51. The maximum atomic E-state index is 11.8. The fourth-order valence-electron chi connectivity index (χ4n) is 1.20. The van der Waals surface area contributed by atoms with Crippen LogP contribution in [-0.2, 0) is 4.79 Å². The molecule has 0 unspecified atom stereocenters. The molecule has 0 fully saturated rings. The second kappa shape index (κ2) is 4.61. The molecule has 0 bridgehead atoms. The van der Waals surface area contributed by atoms with Gasteiger partial charge in [-0.3, -0.25) is 9.78 Å². The maximum absolute atomic E-state index is 11.8. The molecule has 0 aliphatic rings. The molecular weight excluding hydrogens is 202 g/mol. The quantitative estimate of drug-likeness (QED) is 0.798. The lowest BCUT2D eigenvalue weighted by Gasteiger charge is -2.26. The number of hydrogen-bond acceptors (Lipinski definition) is 3. The average molecular weight is 221 g/mol. The third kappa shape index (κ3) is 3.03. The highest BCUT2D eigenvalue weighted by Gasteiger charge is 2.27. The molecule has 88 valence electrons. The number of carbonyl (C=O) groups excluding carboxylic acids is 1. The number of aromatic nitrogens is 1. The predicted molar refractivity (Wildman–Crippen MR) is 65.0 cm³/mol. The fraction of sp³-hybridized carbons (Fsp3) is 0.500. The number of hydrogen-bond donors (Lipinski definition) is 2. The van der Waals surface area contributed by atoms with Crippen LogP contribution in [0.15, 0.2) is 18.5 Å². The molecular formula is C12H19N3O. The zero-order chi connectivity index (χ0) is 12.3. The Bertz CT molecular complexity index is 382. The Morgan fingerprint density at radius 2 is 2.12 bits per heavy atom. The van der Waals surface area contributed by atoms with Crippen molar-refractivity contribution < 1.29 is 4.79 Å². The van der Waals surface area contributed by atoms with Gasteiger partial charge in [0, 0.05) is 6.20 Å². The molecule has 1 rings (SSSR count). The molecule has 4 nitrogen and oxygen atoms in total. The summed E-state index contributed by atoms with van der Waals surface area (Å²) in [6.07, 6.45) is 3.32. The lowest BCUT2D eigenvalue weighted by Crippen LogP contribution is -2.45. The van der Waals surface area contributed by atoms with Crippen molar-refractivity contribution in [2.75, 3.05) is 5.32 Å². The van der Waals surface area contributed by atoms with Gasteiger partial charge in [0.2, 0.25) is 5.91 Å². The first-order valence-electron chi connectivity index (χ1n) is 5.29. The third-order valence-corrected chi connectivity index (χ3v) is 2.51. The van der Waals surface area contributed by atoms with Crippen LogP contribution in [0.4, 0.5) is 5.69 Å². The minimum absolute atomic E-state index is 0.177. The number of rotatable bonds is 2. The van der Waals surface area contributed by atoms with Crippen LogP contribution >= 0.6 is 0 Å². The second-order valence-corrected chi connectivity index (χ2v) is 5.02. The highest BCUT2D eigenvalue weighted by Crippen LogP contribution is 2.19. The van der Waals surface area contributed by atoms with Crippen molar-refractivity contribution in [2.24, 2.45) is 11.1 Å². The minimum Gasteiger partial charge on any atom is -0.323 e. The predicted octanol–water partition coefficient (Wildman–Crippen LogP) is 1.70. The second-order valence-electron chi connectivity index (χ2n) is 5.02. The molecule has 0 saturated carbocycles. The van der Waals surface area contributed by atoms with Gasteiger partial charge in [0.05, 0.1) is 17.9 Å². The highest BCUT2D eigenvalue weighted by atomic mass is 16.2. The van der Waals surface area contributed by atoms with Gasteiger partial charge in [-0.05, 0) is 24.0 Å². The Morgan fingerprint density at radius 1 is 1.50 bits per heavy atom. The van der Waals surface area contributed by atoms with E-state index in [0.29, 0.717) is 5.69 Å². The zero-order valence-electron chi connectivity index (χ0n) is 10.2. The molecule has 1 amide bonds. The van der Waals surface area contributed by atoms with Gasteiger partial charge in [-0.25, -0.2) is 0 Å². The van der Waals surface area contributed by atoms with E-state index in [9.17, 15) is 4.79 Å². The average Bonchev–Trinajstić information content (AvgIpc) is 2.19. The van der Waals surface area contributed by atoms with Crippen molar-refractivity contribution in [1.29, 1.82) is 0 Å². The molecule has 1 atom stereocenters. The maximum Gasteiger partial charge on any atom is 0.241 e. The van der Waals surface area contributed by atoms with Crippen molar-refractivity contribution in [3.8, 4) is 0 Å². The summed E-state index contributed by atoms with van der Waals surface area (Å²) < 4.78 is 0. The molecule has 0 aliphatic carbocycles. The smallest absolute Gasteiger partial charge is 0.241 e. The molecule has 1 aromatic heterocycles. The molecule has 0 spiro atoms. The number of anilines is 1. The molecule has 0 aromatic carbocycles. The summed E-state index contributed by atoms with van der Waals surface area (Å²) in [6.45, 7) is 7.73. The van der Waals surface area contributed by atoms with Gasteiger partial charge in [-0.1, -0.05) is 20.8 Å². The lowest BCUT2D eigenvalue weighted by molar-refractivity contribution is -0.119. The van der Waals surface area contributed by atoms with Crippen LogP contribution in [0.25, 0.3) is 0 Å². The van der Waals surface area contributed by atoms with E-state index < -0.39 is 6.04 Å². The van der Waals surface area contributed by atoms with Gasteiger partial charge in [-0.2, -0.15) is 0 Å². The lowest BCUT2D eigenvalue weighted by atomic mass is 9.87. The van der Waals surface area contributed by atoms with E-state index in [4.69, 9.17) is 5.73 Å². The molecule has 1 heterocycles. The van der Waals surface area contributed by atoms with E-state index in [1.807, 2.05) is 33.8 Å². The first-order chi connectivity index (χ1) is 7.32. The van der Waals surface area contributed by atoms with Gasteiger partial charge in [-0.15, -0.1) is 0 Å². The summed E-state index contributed by atoms with van der Waals surface area (Å²) in [4.78, 5) is 15.8. The Labute approximate surface area is 96.3 Å². The molecule has 1 aromatic rings. The number of pyridine rings is 1. The van der Waals surface area contributed by atoms with Crippen LogP contribution < -0.4 is 11.1 Å². The van der Waals surface area contributed by atoms with Crippen LogP contribution in [0, 0.1) is 12.3 Å². The molecule has 4 heteroatoms. The van der Waals surface area contributed by atoms with Gasteiger partial charge in [0.25, 0.3) is 0 Å². The molecule has 0 saturated heterocycles. The van der Waals surface area contributed by atoms with Crippen molar-refractivity contribution in [1.82, 2.24) is 4.98 Å². The summed E-state index contributed by atoms with van der Waals surface area (Å²) >= 11 is 0. The van der Waals surface area contributed by atoms with Crippen molar-refractivity contribution in [2.45, 2.75) is 33.7 Å². The van der Waals surface area contributed by atoms with Gasteiger partial charge in [0.1, 0.15) is 0 Å². The minimum atomic E-state index is -0.535. The van der Waals surface area contributed by atoms with Crippen LogP contribution in [0.2, 0.25) is 0 Å². The first-order valence-corrected chi connectivity index (χ1v) is 5.29. The van der Waals surface area contributed by atoms with Crippen LogP contribution in [0.1, 0.15) is 26.3 Å². The number of nitrogens with one attached hydrogen (secondary N) is 1. The number of aryl methyl sites for hydroxylation is 1. The zero-order valence-corrected chi connectivity index (χ0v) is 10.2. The van der Waals surface area contributed by atoms with Crippen molar-refractivity contribution in [3.63, 3.8) is 0 Å². The summed E-state index contributed by atoms with van der Waals surface area (Å²) in [5.74, 6) is -0.177. The monoisotopic (exact) mass is 221 g/mol. The van der Waals surface area contributed by atoms with Crippen LogP contribution in [-0.4, -0.2) is 16.9 Å². The van der Waals surface area contributed by atoms with E-state index in [2.05, 4.69) is 10.3 Å². The van der Waals surface area contributed by atoms with Gasteiger partial charge >= 0.3 is 0 Å². The largest absolute Gasteiger partial charge is 0.323 e. The van der Waals surface area contributed by atoms with Crippen LogP contribution in [0.5, 0.6) is 0 Å². The van der Waals surface area contributed by atoms with Gasteiger partial charge in [0.15, 0.2) is 0 Å². The Kier molecular flexibility index (Phi) is 3.65. The first kappa shape index (κ1) is 12.6. The topological polar surface area (TPSA) is 68.0 Å². The standard InChI is InChI=1S/C12H19N3O/c1-8-5-6-14-7-9(8)15-11(16)10(13)12(2,3)4/h5-7,10H,13H2,1-4H3,(H,15,16)/t10-/m0/s1. The van der Waals surface area contributed by atoms with E-state index in [0.717, 1.165) is 5.56 Å². The van der Waals surface area contributed by atoms with Gasteiger partial charge < -0.3 is 11.1 Å². The Hall–Kier alpha value is -1.42. The van der Waals surface area contributed by atoms with Crippen LogP contribution in [0.3, 0.4) is 0 Å². The SMILES string of the molecule is Cc1ccncc1NC(=O)[C@H](N)C(C)(C)C. The summed E-state index contributed by atoms with van der Waals surface area (Å²) in [5, 5.41) is 2.79. The summed E-state index contributed by atoms with van der Waals surface area (Å²) in [5.41, 5.74) is 7.30. The molecule has 16 heavy (non-hydrogen) atoms. The molecule has 0 radical (unpaired) electrons. The molecule has 3 N–H and O–H groups in total. The highest BCUT2D eigenvalue weighted by molar-refractivity contribution is 5.95. The van der Waals surface area contributed by atoms with E-state index in [1.165, 1.54) is 0 Å². The fourth-order valence-corrected chi connectivity index (χ4v) is 1.20. The number of carbonyl (C=O) groups is 1.